The van der Waals surface area contributed by atoms with E-state index in [0.29, 0.717) is 6.04 Å². The molecule has 72 valence electrons. The summed E-state index contributed by atoms with van der Waals surface area (Å²) < 4.78 is 0. The fourth-order valence-electron chi connectivity index (χ4n) is 1.93. The van der Waals surface area contributed by atoms with Crippen molar-refractivity contribution in [2.24, 2.45) is 5.92 Å². The van der Waals surface area contributed by atoms with Crippen molar-refractivity contribution in [3.63, 3.8) is 0 Å². The lowest BCUT2D eigenvalue weighted by Crippen LogP contribution is -3.15. The van der Waals surface area contributed by atoms with E-state index in [-0.39, 0.29) is 0 Å². The molecule has 1 heterocycles. The topological polar surface area (TPSA) is 32.1 Å². The Morgan fingerprint density at radius 2 is 2.00 bits per heavy atom. The van der Waals surface area contributed by atoms with Gasteiger partial charge >= 0.3 is 0 Å². The Labute approximate surface area is 76.1 Å². The van der Waals surface area contributed by atoms with Crippen molar-refractivity contribution in [2.45, 2.75) is 39.2 Å². The van der Waals surface area contributed by atoms with Crippen LogP contribution in [0.1, 0.15) is 33.1 Å². The van der Waals surface area contributed by atoms with Crippen molar-refractivity contribution in [1.82, 2.24) is 0 Å². The molecule has 0 spiro atoms. The van der Waals surface area contributed by atoms with E-state index in [9.17, 15) is 0 Å². The lowest BCUT2D eigenvalue weighted by molar-refractivity contribution is -0.915. The molecule has 0 saturated carbocycles. The van der Waals surface area contributed by atoms with Crippen molar-refractivity contribution < 1.29 is 10.6 Å². The molecule has 0 aromatic carbocycles. The first-order valence-corrected chi connectivity index (χ1v) is 5.39. The smallest absolute Gasteiger partial charge is 0.134 e. The minimum absolute atomic E-state index is 0.674. The van der Waals surface area contributed by atoms with Crippen LogP contribution in [-0.2, 0) is 0 Å². The maximum Gasteiger partial charge on any atom is 0.134 e. The summed E-state index contributed by atoms with van der Waals surface area (Å²) in [7, 11) is 0. The summed E-state index contributed by atoms with van der Waals surface area (Å²) in [5.41, 5.74) is 4.15. The maximum absolute atomic E-state index is 4.15. The first-order chi connectivity index (χ1) is 5.72. The van der Waals surface area contributed by atoms with Gasteiger partial charge in [0, 0.05) is 6.42 Å². The van der Waals surface area contributed by atoms with Crippen LogP contribution in [0.3, 0.4) is 0 Å². The van der Waals surface area contributed by atoms with Crippen LogP contribution in [0.2, 0.25) is 0 Å². The highest BCUT2D eigenvalue weighted by Crippen LogP contribution is 2.06. The highest BCUT2D eigenvalue weighted by molar-refractivity contribution is 4.57. The van der Waals surface area contributed by atoms with E-state index in [4.69, 9.17) is 0 Å². The summed E-state index contributed by atoms with van der Waals surface area (Å²) in [5.74, 6) is 0.971. The third-order valence-corrected chi connectivity index (χ3v) is 3.14. The minimum atomic E-state index is 0.674. The standard InChI is InChI=1S/C10H22N2/c1-3-10(11)8-12-6-4-9(2)5-7-12/h9-10H,3-8,11H2,1-2H3/p+2/t10-/m0/s1. The third kappa shape index (κ3) is 3.11. The van der Waals surface area contributed by atoms with Crippen molar-refractivity contribution in [2.75, 3.05) is 19.6 Å². The molecule has 1 atom stereocenters. The van der Waals surface area contributed by atoms with Crippen LogP contribution in [0.4, 0.5) is 0 Å². The third-order valence-electron chi connectivity index (χ3n) is 3.14. The van der Waals surface area contributed by atoms with E-state index < -0.39 is 0 Å². The normalized spacial score (nSPS) is 33.2. The van der Waals surface area contributed by atoms with Crippen molar-refractivity contribution >= 4 is 0 Å². The molecule has 0 bridgehead atoms. The van der Waals surface area contributed by atoms with Gasteiger partial charge in [-0.1, -0.05) is 13.8 Å². The molecule has 1 rings (SSSR count). The van der Waals surface area contributed by atoms with E-state index >= 15 is 0 Å². The number of hydrogen-bond acceptors (Lipinski definition) is 0. The van der Waals surface area contributed by atoms with Gasteiger partial charge in [-0.2, -0.15) is 0 Å². The molecule has 1 fully saturated rings. The van der Waals surface area contributed by atoms with Crippen molar-refractivity contribution in [3.8, 4) is 0 Å². The molecule has 0 aromatic rings. The first kappa shape index (κ1) is 10.0. The summed E-state index contributed by atoms with van der Waals surface area (Å²) >= 11 is 0. The lowest BCUT2D eigenvalue weighted by Gasteiger charge is -2.27. The fourth-order valence-corrected chi connectivity index (χ4v) is 1.93. The quantitative estimate of drug-likeness (QED) is 0.565. The van der Waals surface area contributed by atoms with Gasteiger partial charge in [0.05, 0.1) is 13.1 Å². The molecular weight excluding hydrogens is 148 g/mol. The van der Waals surface area contributed by atoms with Crippen LogP contribution in [0.25, 0.3) is 0 Å². The zero-order valence-corrected chi connectivity index (χ0v) is 8.60. The SMILES string of the molecule is CC[C@H]([NH3+])C[NH+]1CCC(C)CC1. The van der Waals surface area contributed by atoms with Gasteiger partial charge in [0.1, 0.15) is 12.6 Å². The molecule has 0 unspecified atom stereocenters. The summed E-state index contributed by atoms with van der Waals surface area (Å²) in [5, 5.41) is 0. The molecule has 1 aliphatic heterocycles. The van der Waals surface area contributed by atoms with Gasteiger partial charge in [-0.05, 0) is 18.8 Å². The largest absolute Gasteiger partial charge is 0.350 e. The zero-order valence-electron chi connectivity index (χ0n) is 8.60. The van der Waals surface area contributed by atoms with E-state index in [0.717, 1.165) is 5.92 Å². The molecule has 4 N–H and O–H groups in total. The fraction of sp³-hybridized carbons (Fsp3) is 1.00. The van der Waals surface area contributed by atoms with Gasteiger partial charge in [0.25, 0.3) is 0 Å². The molecule has 0 aliphatic carbocycles. The molecule has 1 aliphatic rings. The Morgan fingerprint density at radius 1 is 1.42 bits per heavy atom. The number of rotatable bonds is 3. The molecule has 0 amide bonds. The Bertz CT molecular complexity index is 117. The molecule has 2 nitrogen and oxygen atoms in total. The molecule has 2 heteroatoms. The van der Waals surface area contributed by atoms with E-state index in [2.05, 4.69) is 19.6 Å². The number of piperidine rings is 1. The lowest BCUT2D eigenvalue weighted by atomic mass is 9.99. The van der Waals surface area contributed by atoms with E-state index in [1.54, 1.807) is 4.90 Å². The van der Waals surface area contributed by atoms with E-state index in [1.165, 1.54) is 38.9 Å². The van der Waals surface area contributed by atoms with Crippen LogP contribution < -0.4 is 10.6 Å². The number of likely N-dealkylation sites (tertiary alicyclic amines) is 1. The number of nitrogens with one attached hydrogen (secondary N) is 1. The summed E-state index contributed by atoms with van der Waals surface area (Å²) in [4.78, 5) is 1.79. The second-order valence-corrected chi connectivity index (χ2v) is 4.41. The second kappa shape index (κ2) is 4.83. The summed E-state index contributed by atoms with van der Waals surface area (Å²) in [6, 6.07) is 0.674. The molecule has 0 radical (unpaired) electrons. The van der Waals surface area contributed by atoms with Crippen molar-refractivity contribution in [1.29, 1.82) is 0 Å². The highest BCUT2D eigenvalue weighted by atomic mass is 15.1. The van der Waals surface area contributed by atoms with Gasteiger partial charge < -0.3 is 10.6 Å². The molecule has 12 heavy (non-hydrogen) atoms. The summed E-state index contributed by atoms with van der Waals surface area (Å²) in [6.07, 6.45) is 4.08. The van der Waals surface area contributed by atoms with Gasteiger partial charge in [-0.15, -0.1) is 0 Å². The van der Waals surface area contributed by atoms with Crippen LogP contribution in [0.15, 0.2) is 0 Å². The average Bonchev–Trinajstić information content (AvgIpc) is 2.09. The predicted molar refractivity (Wildman–Crippen MR) is 50.9 cm³/mol. The zero-order chi connectivity index (χ0) is 8.97. The van der Waals surface area contributed by atoms with Crippen LogP contribution in [-0.4, -0.2) is 25.7 Å². The van der Waals surface area contributed by atoms with Gasteiger partial charge in [0.15, 0.2) is 0 Å². The average molecular weight is 172 g/mol. The molecular formula is C10H24N2+2. The van der Waals surface area contributed by atoms with Crippen molar-refractivity contribution in [3.05, 3.63) is 0 Å². The van der Waals surface area contributed by atoms with Crippen LogP contribution >= 0.6 is 0 Å². The Morgan fingerprint density at radius 3 is 2.50 bits per heavy atom. The molecule has 0 aromatic heterocycles. The van der Waals surface area contributed by atoms with E-state index in [1.807, 2.05) is 0 Å². The maximum atomic E-state index is 4.15. The van der Waals surface area contributed by atoms with Gasteiger partial charge in [-0.25, -0.2) is 0 Å². The van der Waals surface area contributed by atoms with Gasteiger partial charge in [-0.3, -0.25) is 0 Å². The second-order valence-electron chi connectivity index (χ2n) is 4.41. The highest BCUT2D eigenvalue weighted by Gasteiger charge is 2.21. The Kier molecular flexibility index (Phi) is 4.02. The van der Waals surface area contributed by atoms with Gasteiger partial charge in [0.2, 0.25) is 0 Å². The predicted octanol–water partition coefficient (Wildman–Crippen LogP) is -0.678. The Balaban J connectivity index is 2.17. The van der Waals surface area contributed by atoms with Crippen LogP contribution in [0, 0.1) is 5.92 Å². The summed E-state index contributed by atoms with van der Waals surface area (Å²) in [6.45, 7) is 8.67. The first-order valence-electron chi connectivity index (χ1n) is 5.39. The molecule has 1 saturated heterocycles. The number of hydrogen-bond donors (Lipinski definition) is 2. The monoisotopic (exact) mass is 172 g/mol. The van der Waals surface area contributed by atoms with Crippen LogP contribution in [0.5, 0.6) is 0 Å². The Hall–Kier alpha value is -0.0800. The number of quaternary nitrogens is 2. The minimum Gasteiger partial charge on any atom is -0.350 e.